The van der Waals surface area contributed by atoms with Crippen LogP contribution in [-0.4, -0.2) is 10.2 Å². The van der Waals surface area contributed by atoms with Crippen LogP contribution in [0.1, 0.15) is 151 Å². The Kier molecular flexibility index (Phi) is 19.3. The summed E-state index contributed by atoms with van der Waals surface area (Å²) in [6.07, 6.45) is 29.6. The second kappa shape index (κ2) is 22.5. The minimum Gasteiger partial charge on any atom is -0.507 e. The van der Waals surface area contributed by atoms with E-state index in [4.69, 9.17) is 0 Å². The van der Waals surface area contributed by atoms with Gasteiger partial charge < -0.3 is 10.2 Å². The zero-order valence-electron chi connectivity index (χ0n) is 31.4. The number of rotatable bonds is 22. The molecule has 2 aromatic carbocycles. The van der Waals surface area contributed by atoms with Crippen LogP contribution in [0.25, 0.3) is 10.8 Å². The third-order valence-electron chi connectivity index (χ3n) is 9.62. The van der Waals surface area contributed by atoms with Gasteiger partial charge in [-0.1, -0.05) is 129 Å². The molecular weight excluding hydrogens is 572 g/mol. The molecule has 0 saturated heterocycles. The van der Waals surface area contributed by atoms with Crippen LogP contribution in [0.5, 0.6) is 11.5 Å². The summed E-state index contributed by atoms with van der Waals surface area (Å²) in [5.74, 6) is 2.20. The summed E-state index contributed by atoms with van der Waals surface area (Å²) in [6, 6.07) is 9.14. The Bertz CT molecular complexity index is 1360. The number of fused-ring (bicyclic) bond motifs is 1. The van der Waals surface area contributed by atoms with E-state index in [1.807, 2.05) is 24.3 Å². The molecule has 0 aromatic heterocycles. The van der Waals surface area contributed by atoms with E-state index in [0.29, 0.717) is 17.2 Å². The van der Waals surface area contributed by atoms with Crippen molar-refractivity contribution in [2.45, 2.75) is 152 Å². The van der Waals surface area contributed by atoms with Crippen LogP contribution in [0, 0.1) is 11.8 Å². The molecule has 2 nitrogen and oxygen atoms in total. The lowest BCUT2D eigenvalue weighted by molar-refractivity contribution is 0.427. The van der Waals surface area contributed by atoms with Crippen molar-refractivity contribution in [1.82, 2.24) is 0 Å². The molecule has 0 spiro atoms. The Hall–Kier alpha value is -3.00. The average Bonchev–Trinajstić information content (AvgIpc) is 3.02. The van der Waals surface area contributed by atoms with E-state index in [-0.39, 0.29) is 11.5 Å². The second-order valence-corrected chi connectivity index (χ2v) is 14.9. The van der Waals surface area contributed by atoms with Gasteiger partial charge in [0.2, 0.25) is 0 Å². The molecular formula is C45H68O2. The molecule has 47 heavy (non-hydrogen) atoms. The third-order valence-corrected chi connectivity index (χ3v) is 9.62. The first-order chi connectivity index (χ1) is 22.5. The van der Waals surface area contributed by atoms with Crippen LogP contribution in [0.15, 0.2) is 88.6 Å². The van der Waals surface area contributed by atoms with Crippen molar-refractivity contribution in [3.05, 3.63) is 94.1 Å². The molecule has 0 unspecified atom stereocenters. The van der Waals surface area contributed by atoms with Crippen molar-refractivity contribution in [1.29, 1.82) is 0 Å². The van der Waals surface area contributed by atoms with Gasteiger partial charge in [-0.25, -0.2) is 0 Å². The van der Waals surface area contributed by atoms with E-state index in [1.165, 1.54) is 73.7 Å². The standard InChI is InChI=1S/C45H68O2/c1-34(2)17-11-18-35(3)19-12-20-36(4)21-13-22-37(5)23-14-24-38(6)25-15-26-39(7)27-16-28-40(8)31-32-41-33-44(46)42-29-9-10-30-43(42)45(41)47/h9-10,21,23,25,27,29-31,33-35,46-47H,11-20,22,24,26,28,32H2,1-8H3/b36-21-,37-23-,38-25-,39-27+,40-31+/t35-/m1/s1. The number of phenolic OH excluding ortho intramolecular Hbond substituents is 2. The Labute approximate surface area is 289 Å². The van der Waals surface area contributed by atoms with Gasteiger partial charge in [0.15, 0.2) is 0 Å². The lowest BCUT2D eigenvalue weighted by Gasteiger charge is -2.12. The van der Waals surface area contributed by atoms with Gasteiger partial charge in [0.25, 0.3) is 0 Å². The Morgan fingerprint density at radius 2 is 1.02 bits per heavy atom. The maximum Gasteiger partial charge on any atom is 0.127 e. The number of allylic oxidation sites excluding steroid dienone is 10. The molecule has 0 bridgehead atoms. The fraction of sp³-hybridized carbons (Fsp3) is 0.556. The van der Waals surface area contributed by atoms with Gasteiger partial charge in [0, 0.05) is 16.3 Å². The lowest BCUT2D eigenvalue weighted by atomic mass is 9.94. The summed E-state index contributed by atoms with van der Waals surface area (Å²) in [4.78, 5) is 0. The van der Waals surface area contributed by atoms with Gasteiger partial charge in [0.1, 0.15) is 11.5 Å². The number of phenols is 2. The van der Waals surface area contributed by atoms with Gasteiger partial charge >= 0.3 is 0 Å². The van der Waals surface area contributed by atoms with Crippen molar-refractivity contribution in [2.75, 3.05) is 0 Å². The molecule has 0 aliphatic heterocycles. The SMILES string of the molecule is C/C(=C/CC/C(C)=C\CC/C(C)=C/CC/C(C)=C/Cc1cc(O)c2ccccc2c1O)CC/C=C(/C)CCC[C@H](C)CCCC(C)C. The molecule has 2 N–H and O–H groups in total. The molecule has 0 saturated carbocycles. The largest absolute Gasteiger partial charge is 0.507 e. The molecule has 260 valence electrons. The molecule has 0 amide bonds. The summed E-state index contributed by atoms with van der Waals surface area (Å²) in [5, 5.41) is 22.4. The number of hydrogen-bond donors (Lipinski definition) is 2. The number of aromatic hydroxyl groups is 2. The van der Waals surface area contributed by atoms with Crippen molar-refractivity contribution in [3.8, 4) is 11.5 Å². The van der Waals surface area contributed by atoms with Crippen molar-refractivity contribution >= 4 is 10.8 Å². The van der Waals surface area contributed by atoms with E-state index in [1.54, 1.807) is 11.6 Å². The van der Waals surface area contributed by atoms with E-state index in [0.717, 1.165) is 55.9 Å². The summed E-state index contributed by atoms with van der Waals surface area (Å²) >= 11 is 0. The molecule has 0 aliphatic carbocycles. The normalized spacial score (nSPS) is 14.4. The molecule has 0 fully saturated rings. The van der Waals surface area contributed by atoms with Gasteiger partial charge in [-0.3, -0.25) is 0 Å². The first kappa shape index (κ1) is 40.2. The highest BCUT2D eigenvalue weighted by Crippen LogP contribution is 2.35. The smallest absolute Gasteiger partial charge is 0.127 e. The molecule has 1 atom stereocenters. The van der Waals surface area contributed by atoms with Gasteiger partial charge in [-0.05, 0) is 123 Å². The topological polar surface area (TPSA) is 40.5 Å². The first-order valence-electron chi connectivity index (χ1n) is 18.7. The van der Waals surface area contributed by atoms with Gasteiger partial charge in [0.05, 0.1) is 0 Å². The zero-order valence-corrected chi connectivity index (χ0v) is 31.4. The van der Waals surface area contributed by atoms with Crippen LogP contribution >= 0.6 is 0 Å². The van der Waals surface area contributed by atoms with E-state index >= 15 is 0 Å². The number of benzene rings is 2. The molecule has 0 heterocycles. The zero-order chi connectivity index (χ0) is 34.6. The average molecular weight is 641 g/mol. The van der Waals surface area contributed by atoms with Crippen LogP contribution in [-0.2, 0) is 6.42 Å². The molecule has 2 aromatic rings. The van der Waals surface area contributed by atoms with E-state index in [9.17, 15) is 10.2 Å². The minimum absolute atomic E-state index is 0.223. The maximum atomic E-state index is 10.7. The third kappa shape index (κ3) is 17.1. The van der Waals surface area contributed by atoms with Crippen molar-refractivity contribution in [3.63, 3.8) is 0 Å². The van der Waals surface area contributed by atoms with E-state index in [2.05, 4.69) is 85.8 Å². The quantitative estimate of drug-likeness (QED) is 0.0993. The predicted molar refractivity (Wildman–Crippen MR) is 208 cm³/mol. The summed E-state index contributed by atoms with van der Waals surface area (Å²) in [7, 11) is 0. The maximum absolute atomic E-state index is 10.7. The van der Waals surface area contributed by atoms with Crippen LogP contribution in [0.4, 0.5) is 0 Å². The monoisotopic (exact) mass is 641 g/mol. The fourth-order valence-corrected chi connectivity index (χ4v) is 6.28. The van der Waals surface area contributed by atoms with Crippen LogP contribution in [0.3, 0.4) is 0 Å². The van der Waals surface area contributed by atoms with Gasteiger partial charge in [-0.15, -0.1) is 0 Å². The minimum atomic E-state index is 0.223. The summed E-state index contributed by atoms with van der Waals surface area (Å²) in [6.45, 7) is 18.4. The molecule has 0 radical (unpaired) electrons. The summed E-state index contributed by atoms with van der Waals surface area (Å²) < 4.78 is 0. The number of hydrogen-bond acceptors (Lipinski definition) is 2. The molecule has 0 aliphatic rings. The molecule has 2 rings (SSSR count). The Balaban J connectivity index is 1.62. The predicted octanol–water partition coefficient (Wildman–Crippen LogP) is 14.3. The first-order valence-corrected chi connectivity index (χ1v) is 18.7. The summed E-state index contributed by atoms with van der Waals surface area (Å²) in [5.41, 5.74) is 8.12. The van der Waals surface area contributed by atoms with Crippen molar-refractivity contribution < 1.29 is 10.2 Å². The Morgan fingerprint density at radius 3 is 1.53 bits per heavy atom. The van der Waals surface area contributed by atoms with E-state index < -0.39 is 0 Å². The van der Waals surface area contributed by atoms with Crippen molar-refractivity contribution in [2.24, 2.45) is 11.8 Å². The molecule has 2 heteroatoms. The highest BCUT2D eigenvalue weighted by molar-refractivity contribution is 5.94. The lowest BCUT2D eigenvalue weighted by Crippen LogP contribution is -1.97. The fourth-order valence-electron chi connectivity index (χ4n) is 6.28. The van der Waals surface area contributed by atoms with Gasteiger partial charge in [-0.2, -0.15) is 0 Å². The van der Waals surface area contributed by atoms with Crippen LogP contribution in [0.2, 0.25) is 0 Å². The Morgan fingerprint density at radius 1 is 0.574 bits per heavy atom. The van der Waals surface area contributed by atoms with Crippen LogP contribution < -0.4 is 0 Å². The highest BCUT2D eigenvalue weighted by Gasteiger charge is 2.10. The highest BCUT2D eigenvalue weighted by atomic mass is 16.3. The second-order valence-electron chi connectivity index (χ2n) is 14.9.